The van der Waals surface area contributed by atoms with E-state index in [1.165, 1.54) is 57.8 Å². The molecule has 0 heterocycles. The largest absolute Gasteiger partial charge is 0.0654 e. The molecule has 0 amide bonds. The Bertz CT molecular complexity index is 237. The van der Waals surface area contributed by atoms with E-state index in [9.17, 15) is 0 Å². The van der Waals surface area contributed by atoms with E-state index in [1.54, 1.807) is 0 Å². The first-order valence-electron chi connectivity index (χ1n) is 9.50. The van der Waals surface area contributed by atoms with Gasteiger partial charge in [-0.3, -0.25) is 0 Å². The van der Waals surface area contributed by atoms with E-state index >= 15 is 0 Å². The summed E-state index contributed by atoms with van der Waals surface area (Å²) in [5.74, 6) is 3.61. The maximum absolute atomic E-state index is 2.49. The Morgan fingerprint density at radius 3 is 1.85 bits per heavy atom. The summed E-state index contributed by atoms with van der Waals surface area (Å²) in [6.45, 7) is 14.8. The minimum atomic E-state index is 0.567. The van der Waals surface area contributed by atoms with Gasteiger partial charge in [-0.05, 0) is 41.9 Å². The summed E-state index contributed by atoms with van der Waals surface area (Å²) in [4.78, 5) is 0. The lowest BCUT2D eigenvalue weighted by atomic mass is 9.54. The van der Waals surface area contributed by atoms with Crippen LogP contribution in [0.25, 0.3) is 0 Å². The molecule has 0 aromatic heterocycles. The Kier molecular flexibility index (Phi) is 7.62. The highest BCUT2D eigenvalue weighted by Gasteiger charge is 2.45. The Hall–Kier alpha value is 0. The molecule has 0 nitrogen and oxygen atoms in total. The fourth-order valence-corrected chi connectivity index (χ4v) is 5.51. The maximum Gasteiger partial charge on any atom is -0.0223 e. The molecule has 0 bridgehead atoms. The lowest BCUT2D eigenvalue weighted by Gasteiger charge is -2.51. The van der Waals surface area contributed by atoms with Crippen molar-refractivity contribution in [2.75, 3.05) is 0 Å². The zero-order chi connectivity index (χ0) is 15.2. The van der Waals surface area contributed by atoms with E-state index in [-0.39, 0.29) is 0 Å². The lowest BCUT2D eigenvalue weighted by Crippen LogP contribution is -2.44. The Labute approximate surface area is 129 Å². The molecule has 0 N–H and O–H groups in total. The smallest absolute Gasteiger partial charge is 0.0223 e. The lowest BCUT2D eigenvalue weighted by molar-refractivity contribution is -0.0229. The van der Waals surface area contributed by atoms with Gasteiger partial charge in [0.1, 0.15) is 0 Å². The normalized spacial score (nSPS) is 19.8. The van der Waals surface area contributed by atoms with Crippen molar-refractivity contribution in [3.63, 3.8) is 0 Å². The van der Waals surface area contributed by atoms with Gasteiger partial charge in [-0.25, -0.2) is 0 Å². The molecular weight excluding hydrogens is 240 g/mol. The fraction of sp³-hybridized carbons (Fsp3) is 1.00. The van der Waals surface area contributed by atoms with Crippen LogP contribution in [-0.4, -0.2) is 0 Å². The maximum atomic E-state index is 2.49. The van der Waals surface area contributed by atoms with Crippen LogP contribution in [0.1, 0.15) is 99.3 Å². The summed E-state index contributed by atoms with van der Waals surface area (Å²) in [5, 5.41) is 0. The van der Waals surface area contributed by atoms with Crippen LogP contribution in [0.3, 0.4) is 0 Å². The first kappa shape index (κ1) is 18.1. The van der Waals surface area contributed by atoms with Crippen LogP contribution in [0.4, 0.5) is 0 Å². The van der Waals surface area contributed by atoms with Crippen molar-refractivity contribution in [1.29, 1.82) is 0 Å². The summed E-state index contributed by atoms with van der Waals surface area (Å²) in [6, 6.07) is 0. The third kappa shape index (κ3) is 3.80. The van der Waals surface area contributed by atoms with Crippen molar-refractivity contribution in [3.8, 4) is 0 Å². The van der Waals surface area contributed by atoms with E-state index in [0.717, 1.165) is 23.7 Å². The van der Waals surface area contributed by atoms with E-state index in [2.05, 4.69) is 41.5 Å². The second-order valence-electron chi connectivity index (χ2n) is 7.92. The highest BCUT2D eigenvalue weighted by atomic mass is 14.5. The summed E-state index contributed by atoms with van der Waals surface area (Å²) in [5.41, 5.74) is 0.567. The molecule has 1 fully saturated rings. The van der Waals surface area contributed by atoms with Crippen molar-refractivity contribution in [2.24, 2.45) is 29.1 Å². The first-order chi connectivity index (χ1) is 9.50. The second kappa shape index (κ2) is 8.44. The molecule has 1 atom stereocenters. The third-order valence-electron chi connectivity index (χ3n) is 6.54. The van der Waals surface area contributed by atoms with Gasteiger partial charge in [0.05, 0.1) is 0 Å². The minimum Gasteiger partial charge on any atom is -0.0654 e. The molecule has 0 heteroatoms. The van der Waals surface area contributed by atoms with Gasteiger partial charge in [-0.2, -0.15) is 0 Å². The van der Waals surface area contributed by atoms with Crippen molar-refractivity contribution in [1.82, 2.24) is 0 Å². The number of hydrogen-bond donors (Lipinski definition) is 0. The van der Waals surface area contributed by atoms with Crippen LogP contribution in [0.2, 0.25) is 0 Å². The highest BCUT2D eigenvalue weighted by Crippen LogP contribution is 2.53. The van der Waals surface area contributed by atoms with Crippen LogP contribution in [0.15, 0.2) is 0 Å². The van der Waals surface area contributed by atoms with Gasteiger partial charge in [0, 0.05) is 0 Å². The van der Waals surface area contributed by atoms with Crippen LogP contribution in [-0.2, 0) is 0 Å². The van der Waals surface area contributed by atoms with Gasteiger partial charge in [-0.1, -0.05) is 86.5 Å². The molecule has 0 aliphatic heterocycles. The zero-order valence-electron chi connectivity index (χ0n) is 15.2. The summed E-state index contributed by atoms with van der Waals surface area (Å²) < 4.78 is 0. The van der Waals surface area contributed by atoms with Gasteiger partial charge >= 0.3 is 0 Å². The average molecular weight is 281 g/mol. The molecule has 20 heavy (non-hydrogen) atoms. The van der Waals surface area contributed by atoms with Crippen molar-refractivity contribution in [2.45, 2.75) is 99.3 Å². The molecule has 1 aliphatic carbocycles. The Morgan fingerprint density at radius 2 is 1.45 bits per heavy atom. The van der Waals surface area contributed by atoms with Crippen LogP contribution >= 0.6 is 0 Å². The SMILES string of the molecule is CCCCC(C1CCCCC1)C(CC)(C(C)C)C(C)C. The van der Waals surface area contributed by atoms with E-state index in [4.69, 9.17) is 0 Å². The van der Waals surface area contributed by atoms with E-state index in [1.807, 2.05) is 0 Å². The quantitative estimate of drug-likeness (QED) is 0.445. The molecule has 1 saturated carbocycles. The molecule has 0 radical (unpaired) electrons. The topological polar surface area (TPSA) is 0 Å². The molecule has 1 unspecified atom stereocenters. The molecule has 0 spiro atoms. The average Bonchev–Trinajstić information content (AvgIpc) is 2.43. The van der Waals surface area contributed by atoms with Gasteiger partial charge in [0.25, 0.3) is 0 Å². The second-order valence-corrected chi connectivity index (χ2v) is 7.92. The van der Waals surface area contributed by atoms with Gasteiger partial charge < -0.3 is 0 Å². The minimum absolute atomic E-state index is 0.567. The Morgan fingerprint density at radius 1 is 0.900 bits per heavy atom. The molecule has 120 valence electrons. The summed E-state index contributed by atoms with van der Waals surface area (Å²) >= 11 is 0. The molecular formula is C20H40. The van der Waals surface area contributed by atoms with Gasteiger partial charge in [0.2, 0.25) is 0 Å². The van der Waals surface area contributed by atoms with Crippen molar-refractivity contribution < 1.29 is 0 Å². The first-order valence-corrected chi connectivity index (χ1v) is 9.50. The third-order valence-corrected chi connectivity index (χ3v) is 6.54. The summed E-state index contributed by atoms with van der Waals surface area (Å²) in [6.07, 6.45) is 13.1. The van der Waals surface area contributed by atoms with E-state index in [0.29, 0.717) is 5.41 Å². The highest BCUT2D eigenvalue weighted by molar-refractivity contribution is 4.94. The van der Waals surface area contributed by atoms with E-state index < -0.39 is 0 Å². The van der Waals surface area contributed by atoms with Crippen LogP contribution in [0, 0.1) is 29.1 Å². The molecule has 0 saturated heterocycles. The predicted molar refractivity (Wildman–Crippen MR) is 92.0 cm³/mol. The predicted octanol–water partition coefficient (Wildman–Crippen LogP) is 7.08. The zero-order valence-corrected chi connectivity index (χ0v) is 15.2. The van der Waals surface area contributed by atoms with Crippen molar-refractivity contribution in [3.05, 3.63) is 0 Å². The standard InChI is InChI=1S/C20H40/c1-7-9-15-19(18-13-11-10-12-14-18)20(8-2,16(3)4)17(5)6/h16-19H,7-15H2,1-6H3. The summed E-state index contributed by atoms with van der Waals surface area (Å²) in [7, 11) is 0. The molecule has 0 aromatic rings. The number of rotatable bonds is 8. The van der Waals surface area contributed by atoms with Gasteiger partial charge in [0.15, 0.2) is 0 Å². The molecule has 1 aliphatic rings. The molecule has 0 aromatic carbocycles. The van der Waals surface area contributed by atoms with Gasteiger partial charge in [-0.15, -0.1) is 0 Å². The number of unbranched alkanes of at least 4 members (excludes halogenated alkanes) is 1. The monoisotopic (exact) mass is 280 g/mol. The Balaban J connectivity index is 3.02. The fourth-order valence-electron chi connectivity index (χ4n) is 5.51. The van der Waals surface area contributed by atoms with Crippen LogP contribution < -0.4 is 0 Å². The molecule has 1 rings (SSSR count). The van der Waals surface area contributed by atoms with Crippen LogP contribution in [0.5, 0.6) is 0 Å². The number of hydrogen-bond acceptors (Lipinski definition) is 0. The van der Waals surface area contributed by atoms with Crippen molar-refractivity contribution >= 4 is 0 Å².